The third-order valence-electron chi connectivity index (χ3n) is 7.25. The second kappa shape index (κ2) is 8.23. The zero-order chi connectivity index (χ0) is 19.9. The van der Waals surface area contributed by atoms with Crippen LogP contribution in [0, 0.1) is 23.2 Å². The fourth-order valence-corrected chi connectivity index (χ4v) is 8.57. The van der Waals surface area contributed by atoms with Crippen molar-refractivity contribution in [2.45, 2.75) is 90.6 Å². The number of rotatable bonds is 6. The molecule has 0 bridgehead atoms. The summed E-state index contributed by atoms with van der Waals surface area (Å²) in [5, 5.41) is 0. The van der Waals surface area contributed by atoms with E-state index in [0.717, 1.165) is 24.9 Å². The molecule has 0 spiro atoms. The fourth-order valence-electron chi connectivity index (χ4n) is 6.27. The minimum absolute atomic E-state index is 0.133. The molecule has 0 heterocycles. The minimum Gasteiger partial charge on any atom is -0.409 e. The molecule has 0 aromatic heterocycles. The van der Waals surface area contributed by atoms with E-state index < -0.39 is 8.32 Å². The Bertz CT molecular complexity index is 596. The van der Waals surface area contributed by atoms with E-state index in [4.69, 9.17) is 9.16 Å². The lowest BCUT2D eigenvalue weighted by molar-refractivity contribution is -0.00461. The van der Waals surface area contributed by atoms with Gasteiger partial charge in [-0.05, 0) is 85.9 Å². The summed E-state index contributed by atoms with van der Waals surface area (Å²) in [4.78, 5) is 0. The minimum atomic E-state index is -1.54. The van der Waals surface area contributed by atoms with Gasteiger partial charge in [0.25, 0.3) is 0 Å². The molecule has 0 N–H and O–H groups in total. The summed E-state index contributed by atoms with van der Waals surface area (Å²) in [7, 11) is -1.54. The molecule has 27 heavy (non-hydrogen) atoms. The van der Waals surface area contributed by atoms with Crippen LogP contribution in [-0.4, -0.2) is 26.6 Å². The Morgan fingerprint density at radius 3 is 2.70 bits per heavy atom. The van der Waals surface area contributed by atoms with E-state index in [1.165, 1.54) is 32.1 Å². The quantitative estimate of drug-likeness (QED) is 0.219. The molecule has 0 aromatic rings. The van der Waals surface area contributed by atoms with Gasteiger partial charge in [-0.15, -0.1) is 0 Å². The van der Waals surface area contributed by atoms with Crippen molar-refractivity contribution in [3.8, 4) is 0 Å². The van der Waals surface area contributed by atoms with Crippen molar-refractivity contribution in [3.63, 3.8) is 0 Å². The van der Waals surface area contributed by atoms with Crippen LogP contribution in [0.3, 0.4) is 0 Å². The monoisotopic (exact) mass is 502 g/mol. The summed E-state index contributed by atoms with van der Waals surface area (Å²) in [6.07, 6.45) is 12.5. The third-order valence-corrected chi connectivity index (χ3v) is 9.13. The molecule has 0 aromatic carbocycles. The van der Waals surface area contributed by atoms with Crippen molar-refractivity contribution >= 4 is 30.9 Å². The van der Waals surface area contributed by atoms with Gasteiger partial charge >= 0.3 is 0 Å². The first kappa shape index (κ1) is 22.0. The molecular formula is C23H39IO2Si. The lowest BCUT2D eigenvalue weighted by Gasteiger charge is -2.44. The largest absolute Gasteiger partial charge is 0.409 e. The highest BCUT2D eigenvalue weighted by atomic mass is 127. The molecule has 4 heteroatoms. The van der Waals surface area contributed by atoms with Gasteiger partial charge in [0.1, 0.15) is 0 Å². The van der Waals surface area contributed by atoms with Gasteiger partial charge in [-0.1, -0.05) is 54.2 Å². The number of fused-ring (bicyclic) bond motifs is 1. The molecule has 2 saturated carbocycles. The molecule has 6 atom stereocenters. The summed E-state index contributed by atoms with van der Waals surface area (Å²) in [5.74, 6) is 2.24. The summed E-state index contributed by atoms with van der Waals surface area (Å²) in [5.41, 5.74) is 2.07. The smallest absolute Gasteiger partial charge is 0.184 e. The van der Waals surface area contributed by atoms with E-state index in [1.807, 2.05) is 0 Å². The van der Waals surface area contributed by atoms with Gasteiger partial charge in [0.2, 0.25) is 0 Å². The zero-order valence-corrected chi connectivity index (χ0v) is 21.3. The Balaban J connectivity index is 1.55. The predicted molar refractivity (Wildman–Crippen MR) is 126 cm³/mol. The SMILES string of the molecule is C[C@@H](CO[C@H]1C=C[C@](C)(O[Si](C)(C)C)C1)[C@H]1CCC2C(=CI)CCC[C@]21C. The first-order chi connectivity index (χ1) is 12.6. The summed E-state index contributed by atoms with van der Waals surface area (Å²) < 4.78 is 15.2. The van der Waals surface area contributed by atoms with Crippen molar-refractivity contribution < 1.29 is 9.16 Å². The molecule has 1 unspecified atom stereocenters. The van der Waals surface area contributed by atoms with Crippen molar-refractivity contribution in [3.05, 3.63) is 21.8 Å². The van der Waals surface area contributed by atoms with Gasteiger partial charge in [-0.2, -0.15) is 0 Å². The van der Waals surface area contributed by atoms with Crippen LogP contribution in [0.5, 0.6) is 0 Å². The van der Waals surface area contributed by atoms with Crippen LogP contribution in [0.4, 0.5) is 0 Å². The Morgan fingerprint density at radius 2 is 2.04 bits per heavy atom. The van der Waals surface area contributed by atoms with Crippen LogP contribution in [0.2, 0.25) is 19.6 Å². The van der Waals surface area contributed by atoms with Crippen molar-refractivity contribution in [1.82, 2.24) is 0 Å². The lowest BCUT2D eigenvalue weighted by atomic mass is 9.61. The molecular weight excluding hydrogens is 463 g/mol. The highest BCUT2D eigenvalue weighted by Gasteiger charge is 2.50. The normalized spacial score (nSPS) is 41.9. The average Bonchev–Trinajstić information content (AvgIpc) is 3.10. The van der Waals surface area contributed by atoms with Crippen LogP contribution in [-0.2, 0) is 9.16 Å². The van der Waals surface area contributed by atoms with Crippen LogP contribution < -0.4 is 0 Å². The van der Waals surface area contributed by atoms with Gasteiger partial charge in [-0.3, -0.25) is 0 Å². The summed E-state index contributed by atoms with van der Waals surface area (Å²) in [6.45, 7) is 14.9. The molecule has 0 radical (unpaired) electrons. The zero-order valence-electron chi connectivity index (χ0n) is 18.2. The molecule has 0 amide bonds. The molecule has 3 rings (SSSR count). The van der Waals surface area contributed by atoms with Crippen molar-refractivity contribution in [1.29, 1.82) is 0 Å². The van der Waals surface area contributed by atoms with Gasteiger partial charge in [-0.25, -0.2) is 0 Å². The molecule has 3 aliphatic rings. The standard InChI is InChI=1S/C23H39IO2Si/c1-17(16-25-19-11-13-22(2,14-19)26-27(4,5)6)20-9-10-21-18(15-24)8-7-12-23(20,21)3/h11,13,15,17,19-21H,7-10,12,14,16H2,1-6H3/t17-,19-,20+,21?,22-,23-/m0/s1. The second-order valence-electron chi connectivity index (χ2n) is 10.7. The topological polar surface area (TPSA) is 18.5 Å². The van der Waals surface area contributed by atoms with E-state index in [1.54, 1.807) is 5.57 Å². The molecule has 2 nitrogen and oxygen atoms in total. The van der Waals surface area contributed by atoms with Crippen LogP contribution >= 0.6 is 22.6 Å². The van der Waals surface area contributed by atoms with Crippen molar-refractivity contribution in [2.24, 2.45) is 23.2 Å². The van der Waals surface area contributed by atoms with E-state index in [2.05, 4.69) is 79.2 Å². The van der Waals surface area contributed by atoms with E-state index >= 15 is 0 Å². The highest BCUT2D eigenvalue weighted by molar-refractivity contribution is 14.1. The number of halogens is 1. The number of ether oxygens (including phenoxy) is 1. The van der Waals surface area contributed by atoms with Gasteiger partial charge in [0.05, 0.1) is 18.3 Å². The molecule has 154 valence electrons. The maximum atomic E-state index is 6.40. The van der Waals surface area contributed by atoms with Crippen molar-refractivity contribution in [2.75, 3.05) is 6.61 Å². The fraction of sp³-hybridized carbons (Fsp3) is 0.826. The molecule has 0 aliphatic heterocycles. The number of hydrogen-bond acceptors (Lipinski definition) is 2. The first-order valence-electron chi connectivity index (χ1n) is 10.9. The molecule has 2 fully saturated rings. The van der Waals surface area contributed by atoms with Crippen LogP contribution in [0.1, 0.15) is 59.3 Å². The maximum absolute atomic E-state index is 6.40. The maximum Gasteiger partial charge on any atom is 0.184 e. The summed E-state index contributed by atoms with van der Waals surface area (Å²) >= 11 is 2.47. The number of hydrogen-bond donors (Lipinski definition) is 0. The van der Waals surface area contributed by atoms with Gasteiger partial charge in [0, 0.05) is 6.42 Å². The van der Waals surface area contributed by atoms with E-state index in [9.17, 15) is 0 Å². The first-order valence-corrected chi connectivity index (χ1v) is 15.5. The molecule has 3 aliphatic carbocycles. The number of allylic oxidation sites excluding steroid dienone is 1. The average molecular weight is 503 g/mol. The van der Waals surface area contributed by atoms with E-state index in [-0.39, 0.29) is 11.7 Å². The Labute approximate surface area is 181 Å². The second-order valence-corrected chi connectivity index (χ2v) is 15.8. The van der Waals surface area contributed by atoms with Crippen LogP contribution in [0.25, 0.3) is 0 Å². The molecule has 0 saturated heterocycles. The Morgan fingerprint density at radius 1 is 1.30 bits per heavy atom. The Kier molecular flexibility index (Phi) is 6.72. The Hall–Kier alpha value is 0.347. The summed E-state index contributed by atoms with van der Waals surface area (Å²) in [6, 6.07) is 0. The predicted octanol–water partition coefficient (Wildman–Crippen LogP) is 7.11. The van der Waals surface area contributed by atoms with Gasteiger partial charge in [0.15, 0.2) is 8.32 Å². The third kappa shape index (κ3) is 4.92. The highest BCUT2D eigenvalue weighted by Crippen LogP contribution is 2.59. The lowest BCUT2D eigenvalue weighted by Crippen LogP contribution is -2.39. The van der Waals surface area contributed by atoms with Gasteiger partial charge < -0.3 is 9.16 Å². The van der Waals surface area contributed by atoms with Crippen LogP contribution in [0.15, 0.2) is 21.8 Å². The van der Waals surface area contributed by atoms with E-state index in [0.29, 0.717) is 11.3 Å².